The van der Waals surface area contributed by atoms with Crippen LogP contribution >= 0.6 is 0 Å². The number of carboxylic acid groups (broad SMARTS) is 1. The summed E-state index contributed by atoms with van der Waals surface area (Å²) in [5, 5.41) is 12.7. The molecule has 0 saturated heterocycles. The molecular weight excluding hydrogens is 240 g/mol. The topological polar surface area (TPSA) is 55.1 Å². The van der Waals surface area contributed by atoms with E-state index >= 15 is 0 Å². The minimum Gasteiger partial charge on any atom is -0.481 e. The van der Waals surface area contributed by atoms with Gasteiger partial charge in [0.1, 0.15) is 0 Å². The average molecular weight is 258 g/mol. The predicted molar refractivity (Wildman–Crippen MR) is 73.8 cm³/mol. The Kier molecular flexibility index (Phi) is 4.34. The van der Waals surface area contributed by atoms with E-state index in [2.05, 4.69) is 29.4 Å². The molecule has 0 saturated carbocycles. The summed E-state index contributed by atoms with van der Waals surface area (Å²) in [6.45, 7) is 0. The summed E-state index contributed by atoms with van der Waals surface area (Å²) >= 11 is 0. The van der Waals surface area contributed by atoms with Crippen molar-refractivity contribution in [2.45, 2.75) is 25.7 Å². The van der Waals surface area contributed by atoms with Crippen LogP contribution in [-0.4, -0.2) is 20.9 Å². The van der Waals surface area contributed by atoms with Gasteiger partial charge in [0, 0.05) is 25.2 Å². The smallest absolute Gasteiger partial charge is 0.303 e. The highest BCUT2D eigenvalue weighted by Crippen LogP contribution is 2.19. The Morgan fingerprint density at radius 1 is 1.21 bits per heavy atom. The maximum atomic E-state index is 10.4. The molecule has 0 amide bonds. The van der Waals surface area contributed by atoms with Crippen LogP contribution in [0, 0.1) is 0 Å². The molecule has 0 aliphatic carbocycles. The van der Waals surface area contributed by atoms with E-state index in [1.54, 1.807) is 4.68 Å². The van der Waals surface area contributed by atoms with E-state index in [0.29, 0.717) is 0 Å². The molecule has 0 spiro atoms. The molecule has 0 unspecified atom stereocenters. The summed E-state index contributed by atoms with van der Waals surface area (Å²) in [4.78, 5) is 10.4. The van der Waals surface area contributed by atoms with Crippen LogP contribution in [0.1, 0.15) is 24.8 Å². The van der Waals surface area contributed by atoms with E-state index in [4.69, 9.17) is 5.11 Å². The Morgan fingerprint density at radius 2 is 1.95 bits per heavy atom. The van der Waals surface area contributed by atoms with Gasteiger partial charge in [0.05, 0.1) is 6.20 Å². The van der Waals surface area contributed by atoms with Crippen molar-refractivity contribution in [3.8, 4) is 11.1 Å². The first-order valence-corrected chi connectivity index (χ1v) is 6.45. The van der Waals surface area contributed by atoms with Crippen LogP contribution in [0.5, 0.6) is 0 Å². The second-order valence-corrected chi connectivity index (χ2v) is 4.70. The maximum absolute atomic E-state index is 10.4. The highest BCUT2D eigenvalue weighted by molar-refractivity contribution is 5.66. The van der Waals surface area contributed by atoms with E-state index < -0.39 is 5.97 Å². The number of rotatable bonds is 6. The molecule has 0 atom stereocenters. The fraction of sp³-hybridized carbons (Fsp3) is 0.333. The fourth-order valence-electron chi connectivity index (χ4n) is 2.04. The van der Waals surface area contributed by atoms with Gasteiger partial charge in [0.2, 0.25) is 0 Å². The first-order chi connectivity index (χ1) is 9.15. The molecule has 1 N–H and O–H groups in total. The van der Waals surface area contributed by atoms with Gasteiger partial charge in [-0.25, -0.2) is 0 Å². The summed E-state index contributed by atoms with van der Waals surface area (Å²) in [7, 11) is 1.90. The summed E-state index contributed by atoms with van der Waals surface area (Å²) < 4.78 is 1.79. The van der Waals surface area contributed by atoms with Gasteiger partial charge < -0.3 is 5.11 Å². The molecule has 4 nitrogen and oxygen atoms in total. The third-order valence-corrected chi connectivity index (χ3v) is 3.10. The van der Waals surface area contributed by atoms with Crippen LogP contribution in [-0.2, 0) is 18.3 Å². The Hall–Kier alpha value is -2.10. The molecule has 0 aliphatic rings. The molecule has 0 bridgehead atoms. The van der Waals surface area contributed by atoms with Gasteiger partial charge in [-0.15, -0.1) is 0 Å². The summed E-state index contributed by atoms with van der Waals surface area (Å²) in [5.74, 6) is -0.716. The van der Waals surface area contributed by atoms with Crippen LogP contribution in [0.3, 0.4) is 0 Å². The monoisotopic (exact) mass is 258 g/mol. The van der Waals surface area contributed by atoms with E-state index in [1.165, 1.54) is 5.56 Å². The zero-order valence-electron chi connectivity index (χ0n) is 11.0. The summed E-state index contributed by atoms with van der Waals surface area (Å²) in [6, 6.07) is 8.37. The van der Waals surface area contributed by atoms with E-state index in [9.17, 15) is 4.79 Å². The molecule has 1 aromatic carbocycles. The minimum absolute atomic E-state index is 0.258. The molecule has 2 aromatic rings. The summed E-state index contributed by atoms with van der Waals surface area (Å²) in [6.07, 6.45) is 6.68. The van der Waals surface area contributed by atoms with Gasteiger partial charge in [-0.3, -0.25) is 9.48 Å². The van der Waals surface area contributed by atoms with Gasteiger partial charge >= 0.3 is 5.97 Å². The molecule has 0 aliphatic heterocycles. The maximum Gasteiger partial charge on any atom is 0.303 e. The van der Waals surface area contributed by atoms with Crippen LogP contribution in [0.15, 0.2) is 36.7 Å². The van der Waals surface area contributed by atoms with Crippen molar-refractivity contribution in [1.82, 2.24) is 9.78 Å². The van der Waals surface area contributed by atoms with Crippen molar-refractivity contribution >= 4 is 5.97 Å². The number of carboxylic acids is 1. The molecule has 19 heavy (non-hydrogen) atoms. The number of hydrogen-bond donors (Lipinski definition) is 1. The molecule has 1 heterocycles. The molecule has 2 rings (SSSR count). The second kappa shape index (κ2) is 6.18. The van der Waals surface area contributed by atoms with Crippen molar-refractivity contribution in [3.05, 3.63) is 42.2 Å². The standard InChI is InChI=1S/C15H18N2O2/c1-17-11-14(10-16-17)13-8-6-12(7-9-13)4-2-3-5-15(18)19/h6-11H,2-5H2,1H3,(H,18,19). The number of hydrogen-bond acceptors (Lipinski definition) is 2. The first-order valence-electron chi connectivity index (χ1n) is 6.45. The number of unbranched alkanes of at least 4 members (excludes halogenated alkanes) is 1. The van der Waals surface area contributed by atoms with E-state index in [1.807, 2.05) is 19.4 Å². The third-order valence-electron chi connectivity index (χ3n) is 3.10. The molecule has 4 heteroatoms. The fourth-order valence-corrected chi connectivity index (χ4v) is 2.04. The molecular formula is C15H18N2O2. The van der Waals surface area contributed by atoms with Crippen molar-refractivity contribution in [1.29, 1.82) is 0 Å². The number of aliphatic carboxylic acids is 1. The van der Waals surface area contributed by atoms with Crippen molar-refractivity contribution in [3.63, 3.8) is 0 Å². The lowest BCUT2D eigenvalue weighted by Gasteiger charge is -2.02. The lowest BCUT2D eigenvalue weighted by atomic mass is 10.0. The molecule has 0 radical (unpaired) electrons. The average Bonchev–Trinajstić information content (AvgIpc) is 2.82. The Bertz CT molecular complexity index is 544. The lowest BCUT2D eigenvalue weighted by molar-refractivity contribution is -0.137. The number of benzene rings is 1. The summed E-state index contributed by atoms with van der Waals surface area (Å²) in [5.41, 5.74) is 3.51. The Morgan fingerprint density at radius 3 is 2.53 bits per heavy atom. The zero-order valence-corrected chi connectivity index (χ0v) is 11.0. The highest BCUT2D eigenvalue weighted by atomic mass is 16.4. The molecule has 1 aromatic heterocycles. The third kappa shape index (κ3) is 3.95. The van der Waals surface area contributed by atoms with E-state index in [0.717, 1.165) is 30.4 Å². The Labute approximate surface area is 112 Å². The van der Waals surface area contributed by atoms with Crippen molar-refractivity contribution in [2.24, 2.45) is 7.05 Å². The van der Waals surface area contributed by atoms with Crippen LogP contribution in [0.4, 0.5) is 0 Å². The van der Waals surface area contributed by atoms with E-state index in [-0.39, 0.29) is 6.42 Å². The van der Waals surface area contributed by atoms with Gasteiger partial charge in [-0.2, -0.15) is 5.10 Å². The molecule has 100 valence electrons. The zero-order chi connectivity index (χ0) is 13.7. The normalized spacial score (nSPS) is 10.6. The Balaban J connectivity index is 1.90. The van der Waals surface area contributed by atoms with Crippen LogP contribution in [0.2, 0.25) is 0 Å². The lowest BCUT2D eigenvalue weighted by Crippen LogP contribution is -1.94. The largest absolute Gasteiger partial charge is 0.481 e. The second-order valence-electron chi connectivity index (χ2n) is 4.70. The number of aryl methyl sites for hydroxylation is 2. The number of aromatic nitrogens is 2. The quantitative estimate of drug-likeness (QED) is 0.810. The highest BCUT2D eigenvalue weighted by Gasteiger charge is 2.01. The van der Waals surface area contributed by atoms with Gasteiger partial charge in [0.15, 0.2) is 0 Å². The number of carbonyl (C=O) groups is 1. The molecule has 0 fully saturated rings. The van der Waals surface area contributed by atoms with Gasteiger partial charge in [-0.1, -0.05) is 24.3 Å². The van der Waals surface area contributed by atoms with Crippen molar-refractivity contribution < 1.29 is 9.90 Å². The van der Waals surface area contributed by atoms with Crippen LogP contribution in [0.25, 0.3) is 11.1 Å². The predicted octanol–water partition coefficient (Wildman–Crippen LogP) is 2.88. The SMILES string of the molecule is Cn1cc(-c2ccc(CCCCC(=O)O)cc2)cn1. The van der Waals surface area contributed by atoms with Crippen molar-refractivity contribution in [2.75, 3.05) is 0 Å². The van der Waals surface area contributed by atoms with Crippen LogP contribution < -0.4 is 0 Å². The minimum atomic E-state index is -0.716. The number of nitrogens with zero attached hydrogens (tertiary/aromatic N) is 2. The van der Waals surface area contributed by atoms with Gasteiger partial charge in [-0.05, 0) is 30.4 Å². The van der Waals surface area contributed by atoms with Gasteiger partial charge in [0.25, 0.3) is 0 Å². The first kappa shape index (κ1) is 13.3.